The summed E-state index contributed by atoms with van der Waals surface area (Å²) in [5.41, 5.74) is -1.19. The number of hydrogen-bond donors (Lipinski definition) is 3. The lowest BCUT2D eigenvalue weighted by atomic mass is 9.80. The molecule has 1 fully saturated rings. The molecular formula is C30H32O10. The highest BCUT2D eigenvalue weighted by Gasteiger charge is 2.54. The summed E-state index contributed by atoms with van der Waals surface area (Å²) in [6, 6.07) is 8.21. The number of hydrogen-bond acceptors (Lipinski definition) is 10. The Hall–Kier alpha value is -3.86. The third-order valence-corrected chi connectivity index (χ3v) is 7.75. The second kappa shape index (κ2) is 9.96. The second-order valence-corrected chi connectivity index (χ2v) is 10.3. The summed E-state index contributed by atoms with van der Waals surface area (Å²) in [5.74, 6) is -0.0472. The molecule has 1 aliphatic rings. The summed E-state index contributed by atoms with van der Waals surface area (Å²) in [5, 5.41) is 35.4. The van der Waals surface area contributed by atoms with Gasteiger partial charge in [-0.3, -0.25) is 4.79 Å². The van der Waals surface area contributed by atoms with Crippen molar-refractivity contribution in [1.29, 1.82) is 0 Å². The maximum Gasteiger partial charge on any atom is 0.344 e. The van der Waals surface area contributed by atoms with Crippen molar-refractivity contribution < 1.29 is 43.5 Å². The molecule has 2 heterocycles. The third-order valence-electron chi connectivity index (χ3n) is 7.75. The molecule has 3 aromatic carbocycles. The molecule has 1 saturated heterocycles. The van der Waals surface area contributed by atoms with Crippen molar-refractivity contribution in [3.8, 4) is 17.2 Å². The number of phenolic OH excluding ortho intramolecular Hbond substituents is 1. The molecule has 1 aromatic heterocycles. The lowest BCUT2D eigenvalue weighted by Crippen LogP contribution is -2.62. The number of aliphatic hydroxyl groups is 2. The lowest BCUT2D eigenvalue weighted by Gasteiger charge is -2.47. The molecule has 0 radical (unpaired) electrons. The summed E-state index contributed by atoms with van der Waals surface area (Å²) in [7, 11) is 2.96. The predicted octanol–water partition coefficient (Wildman–Crippen LogP) is 3.89. The first kappa shape index (κ1) is 27.7. The third kappa shape index (κ3) is 4.14. The van der Waals surface area contributed by atoms with Crippen molar-refractivity contribution in [3.63, 3.8) is 0 Å². The van der Waals surface area contributed by atoms with Crippen molar-refractivity contribution >= 4 is 38.5 Å². The van der Waals surface area contributed by atoms with Gasteiger partial charge in [0.25, 0.3) is 0 Å². The summed E-state index contributed by atoms with van der Waals surface area (Å²) < 4.78 is 28.7. The molecule has 5 rings (SSSR count). The first-order chi connectivity index (χ1) is 18.9. The SMILES string of the molecule is CCc1cc(OC)c2c(c1)c(=O)oc1c2cc(OC)c2c(O)ccc(C3OC(C)C(OC(C)=O)C(C)(O)C3O)c21. The molecule has 10 heteroatoms. The van der Waals surface area contributed by atoms with Crippen molar-refractivity contribution in [1.82, 2.24) is 0 Å². The zero-order chi connectivity index (χ0) is 29.1. The Balaban J connectivity index is 1.88. The smallest absolute Gasteiger partial charge is 0.344 e. The number of aryl methyl sites for hydroxylation is 1. The average Bonchev–Trinajstić information content (AvgIpc) is 2.92. The Morgan fingerprint density at radius 2 is 1.73 bits per heavy atom. The van der Waals surface area contributed by atoms with Crippen molar-refractivity contribution in [2.24, 2.45) is 0 Å². The van der Waals surface area contributed by atoms with Crippen LogP contribution in [0, 0.1) is 0 Å². The van der Waals surface area contributed by atoms with E-state index in [-0.39, 0.29) is 27.9 Å². The number of esters is 1. The maximum absolute atomic E-state index is 13.4. The fourth-order valence-electron chi connectivity index (χ4n) is 5.78. The van der Waals surface area contributed by atoms with Crippen molar-refractivity contribution in [2.45, 2.75) is 64.1 Å². The topological polar surface area (TPSA) is 145 Å². The van der Waals surface area contributed by atoms with Crippen LogP contribution in [0.2, 0.25) is 0 Å². The molecule has 1 aliphatic heterocycles. The van der Waals surface area contributed by atoms with Gasteiger partial charge in [-0.15, -0.1) is 0 Å². The summed E-state index contributed by atoms with van der Waals surface area (Å²) >= 11 is 0. The number of ether oxygens (including phenoxy) is 4. The van der Waals surface area contributed by atoms with E-state index < -0.39 is 41.6 Å². The Labute approximate surface area is 229 Å². The van der Waals surface area contributed by atoms with E-state index in [1.54, 1.807) is 19.1 Å². The molecule has 0 spiro atoms. The summed E-state index contributed by atoms with van der Waals surface area (Å²) in [4.78, 5) is 25.1. The molecule has 4 aromatic rings. The molecule has 0 aliphatic carbocycles. The molecule has 5 atom stereocenters. The average molecular weight is 553 g/mol. The molecule has 3 N–H and O–H groups in total. The van der Waals surface area contributed by atoms with Crippen molar-refractivity contribution in [2.75, 3.05) is 14.2 Å². The Kier molecular flexibility index (Phi) is 6.89. The number of carbonyl (C=O) groups excluding carboxylic acids is 1. The number of phenols is 1. The van der Waals surface area contributed by atoms with Crippen molar-refractivity contribution in [3.05, 3.63) is 51.9 Å². The molecule has 0 bridgehead atoms. The number of rotatable bonds is 5. The van der Waals surface area contributed by atoms with E-state index >= 15 is 0 Å². The van der Waals surface area contributed by atoms with Gasteiger partial charge in [-0.05, 0) is 55.7 Å². The number of carbonyl (C=O) groups is 1. The van der Waals surface area contributed by atoms with Crippen LogP contribution in [-0.2, 0) is 20.7 Å². The quantitative estimate of drug-likeness (QED) is 0.189. The largest absolute Gasteiger partial charge is 0.507 e. The van der Waals surface area contributed by atoms with E-state index in [0.717, 1.165) is 5.56 Å². The van der Waals surface area contributed by atoms with E-state index in [1.165, 1.54) is 40.2 Å². The number of aromatic hydroxyl groups is 1. The van der Waals surface area contributed by atoms with Gasteiger partial charge in [-0.25, -0.2) is 4.79 Å². The minimum atomic E-state index is -1.90. The number of fused-ring (bicyclic) bond motifs is 5. The lowest BCUT2D eigenvalue weighted by molar-refractivity contribution is -0.267. The van der Waals surface area contributed by atoms with Gasteiger partial charge in [-0.1, -0.05) is 13.0 Å². The minimum Gasteiger partial charge on any atom is -0.507 e. The summed E-state index contributed by atoms with van der Waals surface area (Å²) in [6.45, 7) is 6.15. The number of aliphatic hydroxyl groups excluding tert-OH is 1. The molecule has 5 unspecified atom stereocenters. The molecule has 0 amide bonds. The van der Waals surface area contributed by atoms with Crippen LogP contribution in [-0.4, -0.2) is 59.4 Å². The molecule has 10 nitrogen and oxygen atoms in total. The molecular weight excluding hydrogens is 520 g/mol. The van der Waals surface area contributed by atoms with Gasteiger partial charge in [0.2, 0.25) is 0 Å². The van der Waals surface area contributed by atoms with Crippen LogP contribution >= 0.6 is 0 Å². The maximum atomic E-state index is 13.4. The van der Waals surface area contributed by atoms with Gasteiger partial charge in [0, 0.05) is 23.1 Å². The van der Waals surface area contributed by atoms with Crippen LogP contribution in [0.5, 0.6) is 17.2 Å². The fourth-order valence-corrected chi connectivity index (χ4v) is 5.78. The van der Waals surface area contributed by atoms with E-state index in [9.17, 15) is 24.9 Å². The summed E-state index contributed by atoms with van der Waals surface area (Å²) in [6.07, 6.45) is -4.04. The second-order valence-electron chi connectivity index (χ2n) is 10.3. The first-order valence-corrected chi connectivity index (χ1v) is 13.0. The highest BCUT2D eigenvalue weighted by molar-refractivity contribution is 6.19. The van der Waals surface area contributed by atoms with Gasteiger partial charge >= 0.3 is 11.6 Å². The van der Waals surface area contributed by atoms with Crippen LogP contribution < -0.4 is 15.1 Å². The van der Waals surface area contributed by atoms with E-state index in [1.807, 2.05) is 13.0 Å². The number of methoxy groups -OCH3 is 2. The zero-order valence-electron chi connectivity index (χ0n) is 23.1. The molecule has 40 heavy (non-hydrogen) atoms. The zero-order valence-corrected chi connectivity index (χ0v) is 23.1. The van der Waals surface area contributed by atoms with Crippen LogP contribution in [0.25, 0.3) is 32.5 Å². The fraction of sp³-hybridized carbons (Fsp3) is 0.400. The van der Waals surface area contributed by atoms with Crippen LogP contribution in [0.1, 0.15) is 44.9 Å². The minimum absolute atomic E-state index is 0.118. The first-order valence-electron chi connectivity index (χ1n) is 13.0. The Bertz CT molecular complexity index is 1700. The highest BCUT2D eigenvalue weighted by Crippen LogP contribution is 2.48. The predicted molar refractivity (Wildman–Crippen MR) is 147 cm³/mol. The van der Waals surface area contributed by atoms with Crippen LogP contribution in [0.3, 0.4) is 0 Å². The van der Waals surface area contributed by atoms with Gasteiger partial charge in [0.15, 0.2) is 6.10 Å². The molecule has 212 valence electrons. The van der Waals surface area contributed by atoms with Gasteiger partial charge in [0.05, 0.1) is 31.1 Å². The molecule has 0 saturated carbocycles. The van der Waals surface area contributed by atoms with E-state index in [2.05, 4.69) is 0 Å². The normalized spacial score (nSPS) is 24.9. The van der Waals surface area contributed by atoms with E-state index in [4.69, 9.17) is 23.4 Å². The van der Waals surface area contributed by atoms with Gasteiger partial charge < -0.3 is 38.7 Å². The van der Waals surface area contributed by atoms with Gasteiger partial charge in [0.1, 0.15) is 40.6 Å². The van der Waals surface area contributed by atoms with Crippen LogP contribution in [0.15, 0.2) is 39.5 Å². The van der Waals surface area contributed by atoms with Crippen LogP contribution in [0.4, 0.5) is 0 Å². The van der Waals surface area contributed by atoms with E-state index in [0.29, 0.717) is 33.9 Å². The number of benzene rings is 3. The Morgan fingerprint density at radius 3 is 2.35 bits per heavy atom. The standard InChI is InChI=1S/C30H32O10/c1-7-15-10-18-22(20(11-15)36-5)17-12-21(37-6)24-19(32)9-8-16(23(24)25(17)40-29(18)34)26-27(33)30(4,35)28(13(2)38-26)39-14(3)31/h8-13,26-28,32-33,35H,7H2,1-6H3. The highest BCUT2D eigenvalue weighted by atomic mass is 16.6. The Morgan fingerprint density at radius 1 is 1.05 bits per heavy atom. The monoisotopic (exact) mass is 552 g/mol. The van der Waals surface area contributed by atoms with Gasteiger partial charge in [-0.2, -0.15) is 0 Å².